The van der Waals surface area contributed by atoms with Crippen molar-refractivity contribution in [1.29, 1.82) is 0 Å². The zero-order chi connectivity index (χ0) is 13.4. The van der Waals surface area contributed by atoms with Crippen LogP contribution in [0.25, 0.3) is 0 Å². The molecule has 2 amide bonds. The predicted molar refractivity (Wildman–Crippen MR) is 75.5 cm³/mol. The number of hydrogen-bond donors (Lipinski definition) is 2. The number of nitrogens with two attached hydrogens (primary N) is 1. The van der Waals surface area contributed by atoms with Gasteiger partial charge >= 0.3 is 0 Å². The van der Waals surface area contributed by atoms with E-state index < -0.39 is 0 Å². The maximum Gasteiger partial charge on any atom is 0.271 e. The van der Waals surface area contributed by atoms with Crippen LogP contribution in [-0.2, 0) is 4.79 Å². The molecule has 0 radical (unpaired) electrons. The second-order valence-corrected chi connectivity index (χ2v) is 5.08. The summed E-state index contributed by atoms with van der Waals surface area (Å²) in [6, 6.07) is 8.90. The number of anilines is 3. The Morgan fingerprint density at radius 3 is 2.84 bits per heavy atom. The van der Waals surface area contributed by atoms with Gasteiger partial charge in [-0.15, -0.1) is 11.3 Å². The lowest BCUT2D eigenvalue weighted by atomic mass is 10.2. The molecule has 0 fully saturated rings. The molecule has 1 aromatic heterocycles. The molecule has 3 N–H and O–H groups in total. The number of amides is 2. The van der Waals surface area contributed by atoms with Crippen molar-refractivity contribution in [3.8, 4) is 0 Å². The van der Waals surface area contributed by atoms with Gasteiger partial charge in [0.25, 0.3) is 5.91 Å². The maximum atomic E-state index is 12.5. The highest BCUT2D eigenvalue weighted by atomic mass is 32.1. The number of nitrogens with zero attached hydrogens (tertiary/aromatic N) is 1. The minimum Gasteiger partial charge on any atom is -0.397 e. The molecule has 19 heavy (non-hydrogen) atoms. The maximum absolute atomic E-state index is 12.5. The van der Waals surface area contributed by atoms with Crippen molar-refractivity contribution < 1.29 is 9.59 Å². The van der Waals surface area contributed by atoms with E-state index in [1.165, 1.54) is 16.2 Å². The molecule has 0 bridgehead atoms. The fourth-order valence-electron chi connectivity index (χ4n) is 2.03. The summed E-state index contributed by atoms with van der Waals surface area (Å²) in [4.78, 5) is 26.0. The van der Waals surface area contributed by atoms with Crippen LogP contribution in [0, 0.1) is 0 Å². The van der Waals surface area contributed by atoms with Gasteiger partial charge in [0.1, 0.15) is 11.4 Å². The average Bonchev–Trinajstić information content (AvgIpc) is 2.83. The van der Waals surface area contributed by atoms with Gasteiger partial charge in [0.15, 0.2) is 0 Å². The van der Waals surface area contributed by atoms with Gasteiger partial charge in [-0.25, -0.2) is 0 Å². The Balaban J connectivity index is 2.04. The van der Waals surface area contributed by atoms with Crippen molar-refractivity contribution in [1.82, 2.24) is 0 Å². The normalized spacial score (nSPS) is 13.9. The third-order valence-corrected chi connectivity index (χ3v) is 3.82. The fourth-order valence-corrected chi connectivity index (χ4v) is 2.80. The molecule has 0 spiro atoms. The molecule has 2 heterocycles. The monoisotopic (exact) mass is 273 g/mol. The zero-order valence-electron chi connectivity index (χ0n) is 9.92. The number of rotatable bonds is 1. The summed E-state index contributed by atoms with van der Waals surface area (Å²) >= 11 is 1.28. The highest BCUT2D eigenvalue weighted by molar-refractivity contribution is 7.12. The van der Waals surface area contributed by atoms with E-state index >= 15 is 0 Å². The number of nitrogen functional groups attached to an aromatic ring is 1. The first-order valence-corrected chi connectivity index (χ1v) is 6.58. The van der Waals surface area contributed by atoms with Gasteiger partial charge in [-0.2, -0.15) is 0 Å². The lowest BCUT2D eigenvalue weighted by Crippen LogP contribution is -2.42. The standard InChI is InChI=1S/C13H11N3O2S/c14-8-5-6-19-12(8)13(18)16-7-11(17)15-9-3-1-2-4-10(9)16/h1-6H,7,14H2,(H,15,17). The minimum absolute atomic E-state index is 0.00713. The molecule has 0 atom stereocenters. The summed E-state index contributed by atoms with van der Waals surface area (Å²) in [7, 11) is 0. The van der Waals surface area contributed by atoms with Gasteiger partial charge in [0.05, 0.1) is 17.1 Å². The van der Waals surface area contributed by atoms with Crippen molar-refractivity contribution in [3.63, 3.8) is 0 Å². The molecule has 1 aromatic carbocycles. The molecule has 2 aromatic rings. The Bertz CT molecular complexity index is 665. The van der Waals surface area contributed by atoms with Crippen LogP contribution in [-0.4, -0.2) is 18.4 Å². The van der Waals surface area contributed by atoms with E-state index in [1.54, 1.807) is 23.6 Å². The molecule has 96 valence electrons. The summed E-state index contributed by atoms with van der Waals surface area (Å²) in [5.41, 5.74) is 7.54. The van der Waals surface area contributed by atoms with Crippen LogP contribution in [0.4, 0.5) is 17.1 Å². The number of carbonyl (C=O) groups is 2. The summed E-state index contributed by atoms with van der Waals surface area (Å²) in [6.45, 7) is 0.00713. The molecule has 3 rings (SSSR count). The Hall–Kier alpha value is -2.34. The first-order valence-electron chi connectivity index (χ1n) is 5.70. The fraction of sp³-hybridized carbons (Fsp3) is 0.0769. The van der Waals surface area contributed by atoms with Crippen molar-refractivity contribution in [3.05, 3.63) is 40.6 Å². The van der Waals surface area contributed by atoms with Gasteiger partial charge in [-0.3, -0.25) is 14.5 Å². The quantitative estimate of drug-likeness (QED) is 0.833. The SMILES string of the molecule is Nc1ccsc1C(=O)N1CC(=O)Nc2ccccc21. The van der Waals surface area contributed by atoms with E-state index in [0.29, 0.717) is 21.9 Å². The van der Waals surface area contributed by atoms with Crippen molar-refractivity contribution in [2.24, 2.45) is 0 Å². The number of nitrogens with one attached hydrogen (secondary N) is 1. The summed E-state index contributed by atoms with van der Waals surface area (Å²) in [5.74, 6) is -0.447. The van der Waals surface area contributed by atoms with E-state index in [2.05, 4.69) is 5.32 Å². The van der Waals surface area contributed by atoms with E-state index in [-0.39, 0.29) is 18.4 Å². The number of hydrogen-bond acceptors (Lipinski definition) is 4. The number of carbonyl (C=O) groups excluding carboxylic acids is 2. The van der Waals surface area contributed by atoms with E-state index in [4.69, 9.17) is 5.73 Å². The highest BCUT2D eigenvalue weighted by Crippen LogP contribution is 2.31. The van der Waals surface area contributed by atoms with E-state index in [9.17, 15) is 9.59 Å². The van der Waals surface area contributed by atoms with Crippen LogP contribution in [0.1, 0.15) is 9.67 Å². The first kappa shape index (κ1) is 11.7. The highest BCUT2D eigenvalue weighted by Gasteiger charge is 2.28. The topological polar surface area (TPSA) is 75.4 Å². The van der Waals surface area contributed by atoms with Crippen LogP contribution in [0.15, 0.2) is 35.7 Å². The zero-order valence-corrected chi connectivity index (χ0v) is 10.7. The molecule has 5 nitrogen and oxygen atoms in total. The second-order valence-electron chi connectivity index (χ2n) is 4.16. The second kappa shape index (κ2) is 4.40. The molecule has 0 saturated carbocycles. The number of benzene rings is 1. The number of thiophene rings is 1. The average molecular weight is 273 g/mol. The smallest absolute Gasteiger partial charge is 0.271 e. The van der Waals surface area contributed by atoms with Crippen LogP contribution >= 0.6 is 11.3 Å². The lowest BCUT2D eigenvalue weighted by Gasteiger charge is -2.28. The van der Waals surface area contributed by atoms with Crippen molar-refractivity contribution >= 4 is 40.2 Å². The predicted octanol–water partition coefficient (Wildman–Crippen LogP) is 1.93. The van der Waals surface area contributed by atoms with Gasteiger partial charge in [0.2, 0.25) is 5.91 Å². The molecule has 0 aliphatic carbocycles. The van der Waals surface area contributed by atoms with Crippen LogP contribution in [0.3, 0.4) is 0 Å². The largest absolute Gasteiger partial charge is 0.397 e. The molecular formula is C13H11N3O2S. The van der Waals surface area contributed by atoms with Crippen LogP contribution in [0.5, 0.6) is 0 Å². The molecular weight excluding hydrogens is 262 g/mol. The van der Waals surface area contributed by atoms with Gasteiger partial charge in [-0.05, 0) is 23.6 Å². The molecule has 6 heteroatoms. The molecule has 0 unspecified atom stereocenters. The van der Waals surface area contributed by atoms with Gasteiger partial charge in [-0.1, -0.05) is 12.1 Å². The Labute approximate surface area is 113 Å². The minimum atomic E-state index is -0.241. The molecule has 1 aliphatic rings. The number of fused-ring (bicyclic) bond motifs is 1. The first-order chi connectivity index (χ1) is 9.16. The van der Waals surface area contributed by atoms with E-state index in [0.717, 1.165) is 0 Å². The third kappa shape index (κ3) is 1.96. The lowest BCUT2D eigenvalue weighted by molar-refractivity contribution is -0.115. The summed E-state index contributed by atoms with van der Waals surface area (Å²) < 4.78 is 0. The third-order valence-electron chi connectivity index (χ3n) is 2.91. The van der Waals surface area contributed by atoms with Crippen molar-refractivity contribution in [2.75, 3.05) is 22.5 Å². The molecule has 1 aliphatic heterocycles. The van der Waals surface area contributed by atoms with Gasteiger partial charge < -0.3 is 11.1 Å². The van der Waals surface area contributed by atoms with Gasteiger partial charge in [0, 0.05) is 0 Å². The Morgan fingerprint density at radius 1 is 1.32 bits per heavy atom. The van der Waals surface area contributed by atoms with E-state index in [1.807, 2.05) is 12.1 Å². The van der Waals surface area contributed by atoms with Crippen LogP contribution < -0.4 is 16.0 Å². The Kier molecular flexibility index (Phi) is 2.72. The Morgan fingerprint density at radius 2 is 2.11 bits per heavy atom. The summed E-state index contributed by atoms with van der Waals surface area (Å²) in [5, 5.41) is 4.51. The van der Waals surface area contributed by atoms with Crippen LogP contribution in [0.2, 0.25) is 0 Å². The summed E-state index contributed by atoms with van der Waals surface area (Å²) in [6.07, 6.45) is 0. The van der Waals surface area contributed by atoms with Crippen molar-refractivity contribution in [2.45, 2.75) is 0 Å². The molecule has 0 saturated heterocycles. The number of para-hydroxylation sites is 2.